The quantitative estimate of drug-likeness (QED) is 0.565. The second kappa shape index (κ2) is 9.03. The summed E-state index contributed by atoms with van der Waals surface area (Å²) in [6.07, 6.45) is 9.63. The van der Waals surface area contributed by atoms with Gasteiger partial charge in [-0.05, 0) is 18.6 Å². The number of nitrogens with zero attached hydrogens (tertiary/aromatic N) is 1. The molecule has 3 heteroatoms. The van der Waals surface area contributed by atoms with Crippen LogP contribution < -0.4 is 0 Å². The summed E-state index contributed by atoms with van der Waals surface area (Å²) >= 11 is 11.5. The number of halogens is 2. The van der Waals surface area contributed by atoms with Crippen LogP contribution >= 0.6 is 23.2 Å². The van der Waals surface area contributed by atoms with Crippen molar-refractivity contribution in [1.29, 1.82) is 0 Å². The van der Waals surface area contributed by atoms with Gasteiger partial charge in [0.1, 0.15) is 5.17 Å². The van der Waals surface area contributed by atoms with Crippen molar-refractivity contribution in [2.24, 2.45) is 4.99 Å². The molecular weight excluding hydrogens is 241 g/mol. The summed E-state index contributed by atoms with van der Waals surface area (Å²) in [5.41, 5.74) is 1.13. The first-order valence-corrected chi connectivity index (χ1v) is 5.35. The third-order valence-electron chi connectivity index (χ3n) is 1.57. The van der Waals surface area contributed by atoms with Crippen molar-refractivity contribution in [3.05, 3.63) is 47.0 Å². The molecule has 1 aromatic rings. The molecule has 1 nitrogen and oxygen atoms in total. The molecule has 0 spiro atoms. The third-order valence-corrected chi connectivity index (χ3v) is 1.91. The number of benzene rings is 1. The van der Waals surface area contributed by atoms with Gasteiger partial charge in [0.05, 0.1) is 6.54 Å². The number of allylic oxidation sites excluding steroid dienone is 2. The lowest BCUT2D eigenvalue weighted by atomic mass is 10.2. The van der Waals surface area contributed by atoms with E-state index in [0.29, 0.717) is 16.7 Å². The predicted octanol–water partition coefficient (Wildman–Crippen LogP) is 4.22. The third kappa shape index (κ3) is 7.11. The van der Waals surface area contributed by atoms with Crippen LogP contribution in [0.25, 0.3) is 0 Å². The molecule has 1 aromatic carbocycles. The Bertz CT molecular complexity index is 373. The fourth-order valence-corrected chi connectivity index (χ4v) is 1.34. The minimum atomic E-state index is 0.432. The normalized spacial score (nSPS) is 11.6. The van der Waals surface area contributed by atoms with Crippen LogP contribution in [0.1, 0.15) is 12.5 Å². The second-order valence-electron chi connectivity index (χ2n) is 2.86. The van der Waals surface area contributed by atoms with Crippen molar-refractivity contribution in [3.8, 4) is 12.8 Å². The summed E-state index contributed by atoms with van der Waals surface area (Å²) < 4.78 is 0. The highest BCUT2D eigenvalue weighted by atomic mass is 35.5. The van der Waals surface area contributed by atoms with E-state index < -0.39 is 0 Å². The maximum Gasteiger partial charge on any atom is 0.125 e. The SMILES string of the molecule is C#C.C/C(Cl)=C\C(Cl)=NCc1ccccc1. The highest BCUT2D eigenvalue weighted by molar-refractivity contribution is 6.68. The van der Waals surface area contributed by atoms with Crippen molar-refractivity contribution >= 4 is 28.4 Å². The van der Waals surface area contributed by atoms with E-state index in [2.05, 4.69) is 17.8 Å². The van der Waals surface area contributed by atoms with Crippen molar-refractivity contribution in [1.82, 2.24) is 0 Å². The zero-order valence-electron chi connectivity index (χ0n) is 9.03. The van der Waals surface area contributed by atoms with Crippen LogP contribution in [0.3, 0.4) is 0 Å². The molecule has 0 saturated heterocycles. The van der Waals surface area contributed by atoms with E-state index in [4.69, 9.17) is 23.2 Å². The minimum Gasteiger partial charge on any atom is -0.268 e. The van der Waals surface area contributed by atoms with Gasteiger partial charge in [-0.15, -0.1) is 12.8 Å². The summed E-state index contributed by atoms with van der Waals surface area (Å²) in [5, 5.41) is 1.06. The van der Waals surface area contributed by atoms with Crippen molar-refractivity contribution in [2.45, 2.75) is 13.5 Å². The van der Waals surface area contributed by atoms with Gasteiger partial charge in [-0.25, -0.2) is 0 Å². The Morgan fingerprint density at radius 3 is 2.31 bits per heavy atom. The van der Waals surface area contributed by atoms with E-state index in [1.165, 1.54) is 0 Å². The summed E-state index contributed by atoms with van der Waals surface area (Å²) in [7, 11) is 0. The molecule has 16 heavy (non-hydrogen) atoms. The van der Waals surface area contributed by atoms with Crippen LogP contribution in [0, 0.1) is 12.8 Å². The van der Waals surface area contributed by atoms with Gasteiger partial charge in [-0.3, -0.25) is 4.99 Å². The minimum absolute atomic E-state index is 0.432. The van der Waals surface area contributed by atoms with E-state index in [0.717, 1.165) is 5.56 Å². The van der Waals surface area contributed by atoms with Gasteiger partial charge < -0.3 is 0 Å². The highest BCUT2D eigenvalue weighted by Gasteiger charge is 1.91. The molecule has 0 unspecified atom stereocenters. The lowest BCUT2D eigenvalue weighted by molar-refractivity contribution is 1.08. The zero-order chi connectivity index (χ0) is 12.4. The molecular formula is C13H13Cl2N. The fraction of sp³-hybridized carbons (Fsp3) is 0.154. The van der Waals surface area contributed by atoms with Gasteiger partial charge >= 0.3 is 0 Å². The monoisotopic (exact) mass is 253 g/mol. The molecule has 0 amide bonds. The van der Waals surface area contributed by atoms with Crippen LogP contribution in [-0.2, 0) is 6.54 Å². The Hall–Kier alpha value is -1.23. The molecule has 0 bridgehead atoms. The molecule has 0 heterocycles. The summed E-state index contributed by atoms with van der Waals surface area (Å²) in [6, 6.07) is 9.93. The van der Waals surface area contributed by atoms with Gasteiger partial charge in [-0.1, -0.05) is 53.5 Å². The molecule has 0 fully saturated rings. The molecule has 0 aliphatic heterocycles. The van der Waals surface area contributed by atoms with Gasteiger partial charge in [-0.2, -0.15) is 0 Å². The molecule has 0 saturated carbocycles. The first-order chi connectivity index (χ1) is 7.68. The van der Waals surface area contributed by atoms with Gasteiger partial charge in [0.15, 0.2) is 0 Å². The Labute approximate surface area is 107 Å². The average molecular weight is 254 g/mol. The molecule has 0 radical (unpaired) electrons. The topological polar surface area (TPSA) is 12.4 Å². The number of hydrogen-bond acceptors (Lipinski definition) is 1. The predicted molar refractivity (Wildman–Crippen MR) is 72.9 cm³/mol. The first kappa shape index (κ1) is 14.8. The maximum atomic E-state index is 5.81. The molecule has 0 aliphatic carbocycles. The van der Waals surface area contributed by atoms with Gasteiger partial charge in [0, 0.05) is 5.03 Å². The summed E-state index contributed by atoms with van der Waals surface area (Å²) in [6.45, 7) is 2.35. The van der Waals surface area contributed by atoms with E-state index in [9.17, 15) is 0 Å². The van der Waals surface area contributed by atoms with Crippen LogP contribution in [0.4, 0.5) is 0 Å². The zero-order valence-corrected chi connectivity index (χ0v) is 10.5. The van der Waals surface area contributed by atoms with Crippen molar-refractivity contribution in [3.63, 3.8) is 0 Å². The second-order valence-corrected chi connectivity index (χ2v) is 3.84. The van der Waals surface area contributed by atoms with Crippen molar-refractivity contribution < 1.29 is 0 Å². The molecule has 84 valence electrons. The summed E-state index contributed by atoms with van der Waals surface area (Å²) in [4.78, 5) is 4.16. The number of terminal acetylenes is 1. The number of rotatable bonds is 3. The van der Waals surface area contributed by atoms with Crippen LogP contribution in [0.5, 0.6) is 0 Å². The number of hydrogen-bond donors (Lipinski definition) is 0. The van der Waals surface area contributed by atoms with E-state index in [1.807, 2.05) is 30.3 Å². The van der Waals surface area contributed by atoms with Crippen LogP contribution in [-0.4, -0.2) is 5.17 Å². The van der Waals surface area contributed by atoms with Gasteiger partial charge in [0.2, 0.25) is 0 Å². The van der Waals surface area contributed by atoms with E-state index in [1.54, 1.807) is 13.0 Å². The van der Waals surface area contributed by atoms with E-state index in [-0.39, 0.29) is 0 Å². The number of aliphatic imine (C=N–C) groups is 1. The standard InChI is InChI=1S/C11H11Cl2N.C2H2/c1-9(12)7-11(13)14-8-10-5-3-2-4-6-10;1-2/h2-7H,8H2,1H3;1-2H/b9-7+,14-11?;. The fourth-order valence-electron chi connectivity index (χ4n) is 0.960. The lowest BCUT2D eigenvalue weighted by Gasteiger charge is -1.95. The Morgan fingerprint density at radius 1 is 1.25 bits per heavy atom. The van der Waals surface area contributed by atoms with Crippen molar-refractivity contribution in [2.75, 3.05) is 0 Å². The van der Waals surface area contributed by atoms with Gasteiger partial charge in [0.25, 0.3) is 0 Å². The highest BCUT2D eigenvalue weighted by Crippen LogP contribution is 2.05. The largest absolute Gasteiger partial charge is 0.268 e. The summed E-state index contributed by atoms with van der Waals surface area (Å²) in [5.74, 6) is 0. The molecule has 0 aromatic heterocycles. The Kier molecular flexibility index (Phi) is 8.34. The lowest BCUT2D eigenvalue weighted by Crippen LogP contribution is -1.85. The maximum absolute atomic E-state index is 5.81. The Morgan fingerprint density at radius 2 is 1.81 bits per heavy atom. The smallest absolute Gasteiger partial charge is 0.125 e. The molecule has 0 atom stereocenters. The molecule has 1 rings (SSSR count). The van der Waals surface area contributed by atoms with Crippen LogP contribution in [0.15, 0.2) is 46.4 Å². The van der Waals surface area contributed by atoms with E-state index >= 15 is 0 Å². The average Bonchev–Trinajstić information content (AvgIpc) is 2.30. The molecule has 0 N–H and O–H groups in total. The first-order valence-electron chi connectivity index (χ1n) is 4.59. The Balaban J connectivity index is 0.00000106. The van der Waals surface area contributed by atoms with Crippen LogP contribution in [0.2, 0.25) is 0 Å². The molecule has 0 aliphatic rings.